The van der Waals surface area contributed by atoms with Crippen molar-refractivity contribution < 1.29 is 28.8 Å². The second kappa shape index (κ2) is 5.87. The van der Waals surface area contributed by atoms with Gasteiger partial charge in [-0.3, -0.25) is 28.8 Å². The van der Waals surface area contributed by atoms with E-state index >= 15 is 0 Å². The molecule has 0 spiro atoms. The summed E-state index contributed by atoms with van der Waals surface area (Å²) in [5, 5.41) is 0. The van der Waals surface area contributed by atoms with Crippen LogP contribution in [0.1, 0.15) is 34.1 Å². The van der Waals surface area contributed by atoms with Gasteiger partial charge in [0, 0.05) is 12.0 Å². The Morgan fingerprint density at radius 1 is 0.667 bits per heavy atom. The van der Waals surface area contributed by atoms with Crippen molar-refractivity contribution in [3.63, 3.8) is 0 Å². The van der Waals surface area contributed by atoms with Crippen molar-refractivity contribution in [3.8, 4) is 0 Å². The normalized spacial score (nSPS) is 15.4. The highest BCUT2D eigenvalue weighted by molar-refractivity contribution is 6.47. The molecule has 0 aromatic rings. The zero-order valence-corrected chi connectivity index (χ0v) is 12.2. The molecule has 0 N–H and O–H groups in total. The van der Waals surface area contributed by atoms with E-state index in [9.17, 15) is 28.8 Å². The lowest BCUT2D eigenvalue weighted by Gasteiger charge is -2.19. The second-order valence-electron chi connectivity index (χ2n) is 4.81. The summed E-state index contributed by atoms with van der Waals surface area (Å²) in [6.45, 7) is 4.35. The Labute approximate surface area is 120 Å². The average Bonchev–Trinajstić information content (AvgIpc) is 2.30. The molecule has 0 radical (unpaired) electrons. The number of Topliss-reactive ketones (excluding diaryl/α,β-unsaturated/α-hetero) is 6. The van der Waals surface area contributed by atoms with Gasteiger partial charge in [0.25, 0.3) is 0 Å². The Bertz CT molecular complexity index is 672. The van der Waals surface area contributed by atoms with Crippen LogP contribution in [0.5, 0.6) is 0 Å². The van der Waals surface area contributed by atoms with E-state index in [4.69, 9.17) is 0 Å². The third-order valence-corrected chi connectivity index (χ3v) is 2.99. The van der Waals surface area contributed by atoms with Gasteiger partial charge in [0.15, 0.2) is 23.1 Å². The number of allylic oxidation sites excluding steroid dienone is 4. The van der Waals surface area contributed by atoms with E-state index in [1.165, 1.54) is 6.92 Å². The van der Waals surface area contributed by atoms with Crippen LogP contribution in [-0.2, 0) is 28.8 Å². The Kier molecular flexibility index (Phi) is 4.62. The second-order valence-corrected chi connectivity index (χ2v) is 4.81. The van der Waals surface area contributed by atoms with Gasteiger partial charge < -0.3 is 0 Å². The Hall–Kier alpha value is -2.50. The topological polar surface area (TPSA) is 102 Å². The minimum Gasteiger partial charge on any atom is -0.300 e. The molecule has 1 aliphatic carbocycles. The lowest BCUT2D eigenvalue weighted by Crippen LogP contribution is -2.33. The molecule has 0 saturated heterocycles. The van der Waals surface area contributed by atoms with E-state index in [0.29, 0.717) is 0 Å². The van der Waals surface area contributed by atoms with Gasteiger partial charge in [-0.25, -0.2) is 0 Å². The maximum Gasteiger partial charge on any atom is 0.201 e. The SMILES string of the molecule is CC(=O)CC1=C(C(C)=O)C(=O)C(C(C)=O)=C(C(C)=O)C1=O. The standard InChI is InChI=1S/C15H14O6/c1-6(16)5-10-11(7(2)17)15(21)13(9(4)19)12(8(3)18)14(10)20/h5H2,1-4H3. The zero-order valence-electron chi connectivity index (χ0n) is 12.2. The van der Waals surface area contributed by atoms with Crippen molar-refractivity contribution in [2.45, 2.75) is 34.1 Å². The molecule has 6 heteroatoms. The van der Waals surface area contributed by atoms with E-state index in [0.717, 1.165) is 20.8 Å². The summed E-state index contributed by atoms with van der Waals surface area (Å²) in [5.41, 5.74) is -1.92. The van der Waals surface area contributed by atoms with Crippen molar-refractivity contribution in [1.82, 2.24) is 0 Å². The van der Waals surface area contributed by atoms with Gasteiger partial charge in [-0.05, 0) is 27.7 Å². The summed E-state index contributed by atoms with van der Waals surface area (Å²) in [6.07, 6.45) is -0.429. The molecule has 0 amide bonds. The summed E-state index contributed by atoms with van der Waals surface area (Å²) in [4.78, 5) is 70.7. The number of ketones is 6. The molecule has 0 bridgehead atoms. The van der Waals surface area contributed by atoms with Gasteiger partial charge in [-0.2, -0.15) is 0 Å². The first-order valence-corrected chi connectivity index (χ1v) is 6.18. The van der Waals surface area contributed by atoms with Crippen LogP contribution in [0.3, 0.4) is 0 Å². The molecule has 1 rings (SSSR count). The van der Waals surface area contributed by atoms with E-state index in [2.05, 4.69) is 0 Å². The molecule has 0 atom stereocenters. The number of hydrogen-bond acceptors (Lipinski definition) is 6. The first-order valence-electron chi connectivity index (χ1n) is 6.18. The quantitative estimate of drug-likeness (QED) is 0.539. The lowest BCUT2D eigenvalue weighted by atomic mass is 9.78. The minimum atomic E-state index is -0.962. The van der Waals surface area contributed by atoms with Crippen molar-refractivity contribution in [2.75, 3.05) is 0 Å². The van der Waals surface area contributed by atoms with Crippen LogP contribution >= 0.6 is 0 Å². The number of carbonyl (C=O) groups is 6. The van der Waals surface area contributed by atoms with Gasteiger partial charge >= 0.3 is 0 Å². The van der Waals surface area contributed by atoms with Crippen molar-refractivity contribution >= 4 is 34.7 Å². The molecular formula is C15H14O6. The monoisotopic (exact) mass is 290 g/mol. The molecule has 6 nitrogen and oxygen atoms in total. The summed E-state index contributed by atoms with van der Waals surface area (Å²) < 4.78 is 0. The number of carbonyl (C=O) groups excluding carboxylic acids is 6. The third-order valence-electron chi connectivity index (χ3n) is 2.99. The highest BCUT2D eigenvalue weighted by Gasteiger charge is 2.39. The Balaban J connectivity index is 3.71. The highest BCUT2D eigenvalue weighted by atomic mass is 16.2. The number of hydrogen-bond donors (Lipinski definition) is 0. The van der Waals surface area contributed by atoms with Gasteiger partial charge in [0.05, 0.1) is 16.7 Å². The smallest absolute Gasteiger partial charge is 0.201 e. The predicted octanol–water partition coefficient (Wildman–Crippen LogP) is 0.478. The average molecular weight is 290 g/mol. The molecule has 0 saturated carbocycles. The predicted molar refractivity (Wildman–Crippen MR) is 71.4 cm³/mol. The van der Waals surface area contributed by atoms with Gasteiger partial charge in [0.1, 0.15) is 5.78 Å². The maximum atomic E-state index is 12.3. The van der Waals surface area contributed by atoms with E-state index < -0.39 is 57.8 Å². The van der Waals surface area contributed by atoms with Gasteiger partial charge in [-0.15, -0.1) is 0 Å². The fourth-order valence-electron chi connectivity index (χ4n) is 2.22. The Morgan fingerprint density at radius 2 is 1.05 bits per heavy atom. The highest BCUT2D eigenvalue weighted by Crippen LogP contribution is 2.28. The zero-order chi connectivity index (χ0) is 16.5. The largest absolute Gasteiger partial charge is 0.300 e. The summed E-state index contributed by atoms with van der Waals surface area (Å²) in [7, 11) is 0. The van der Waals surface area contributed by atoms with Crippen molar-refractivity contribution in [3.05, 3.63) is 22.3 Å². The van der Waals surface area contributed by atoms with E-state index in [1.54, 1.807) is 0 Å². The van der Waals surface area contributed by atoms with Gasteiger partial charge in [-0.1, -0.05) is 0 Å². The first kappa shape index (κ1) is 16.6. The minimum absolute atomic E-state index is 0.310. The molecule has 0 aliphatic heterocycles. The van der Waals surface area contributed by atoms with Crippen LogP contribution in [0, 0.1) is 0 Å². The van der Waals surface area contributed by atoms with Crippen LogP contribution in [0.25, 0.3) is 0 Å². The molecule has 110 valence electrons. The molecule has 0 aromatic heterocycles. The molecule has 21 heavy (non-hydrogen) atoms. The molecule has 0 fully saturated rings. The van der Waals surface area contributed by atoms with Crippen LogP contribution in [-0.4, -0.2) is 34.7 Å². The summed E-state index contributed by atoms with van der Waals surface area (Å²) in [5.74, 6) is -4.52. The lowest BCUT2D eigenvalue weighted by molar-refractivity contribution is -0.126. The first-order chi connectivity index (χ1) is 9.59. The van der Waals surface area contributed by atoms with Crippen LogP contribution < -0.4 is 0 Å². The van der Waals surface area contributed by atoms with Crippen LogP contribution in [0.4, 0.5) is 0 Å². The Morgan fingerprint density at radius 3 is 1.38 bits per heavy atom. The maximum absolute atomic E-state index is 12.3. The summed E-state index contributed by atoms with van der Waals surface area (Å²) >= 11 is 0. The fraction of sp³-hybridized carbons (Fsp3) is 0.333. The van der Waals surface area contributed by atoms with Crippen LogP contribution in [0.15, 0.2) is 22.3 Å². The van der Waals surface area contributed by atoms with Crippen molar-refractivity contribution in [2.24, 2.45) is 0 Å². The molecule has 0 unspecified atom stereocenters. The molecular weight excluding hydrogens is 276 g/mol. The summed E-state index contributed by atoms with van der Waals surface area (Å²) in [6, 6.07) is 0. The van der Waals surface area contributed by atoms with Gasteiger partial charge in [0.2, 0.25) is 5.78 Å². The van der Waals surface area contributed by atoms with E-state index in [-0.39, 0.29) is 5.57 Å². The molecule has 1 aliphatic rings. The molecule has 0 heterocycles. The van der Waals surface area contributed by atoms with E-state index in [1.807, 2.05) is 0 Å². The number of rotatable bonds is 5. The fourth-order valence-corrected chi connectivity index (χ4v) is 2.22. The molecule has 0 aromatic carbocycles. The third kappa shape index (κ3) is 2.99. The van der Waals surface area contributed by atoms with Crippen LogP contribution in [0.2, 0.25) is 0 Å². The van der Waals surface area contributed by atoms with Crippen molar-refractivity contribution in [1.29, 1.82) is 0 Å².